The molecule has 4 atom stereocenters. The van der Waals surface area contributed by atoms with Crippen molar-refractivity contribution in [2.24, 2.45) is 33.9 Å². The molecule has 16 heteroatoms. The third-order valence-electron chi connectivity index (χ3n) is 10.4. The van der Waals surface area contributed by atoms with E-state index in [1.807, 2.05) is 25.1 Å². The van der Waals surface area contributed by atoms with Crippen molar-refractivity contribution in [3.63, 3.8) is 0 Å². The first-order valence-electron chi connectivity index (χ1n) is 19.5. The summed E-state index contributed by atoms with van der Waals surface area (Å²) >= 11 is 1.13. The first-order valence-corrected chi connectivity index (χ1v) is 20.3. The predicted molar refractivity (Wildman–Crippen MR) is 211 cm³/mol. The second-order valence-corrected chi connectivity index (χ2v) is 15.2. The zero-order valence-electron chi connectivity index (χ0n) is 33.0. The van der Waals surface area contributed by atoms with Gasteiger partial charge in [0.2, 0.25) is 5.69 Å². The number of rotatable bonds is 22. The number of ketones is 1. The molecule has 1 aromatic heterocycles. The van der Waals surface area contributed by atoms with E-state index in [1.54, 1.807) is 6.92 Å². The first kappa shape index (κ1) is 45.0. The van der Waals surface area contributed by atoms with Crippen LogP contribution in [-0.2, 0) is 42.9 Å². The van der Waals surface area contributed by atoms with Gasteiger partial charge >= 0.3 is 17.9 Å². The van der Waals surface area contributed by atoms with E-state index in [9.17, 15) is 29.5 Å². The largest absolute Gasteiger partial charge is 0.481 e. The monoisotopic (exact) mass is 807 g/mol. The van der Waals surface area contributed by atoms with Crippen LogP contribution >= 0.6 is 11.3 Å². The van der Waals surface area contributed by atoms with Gasteiger partial charge in [-0.25, -0.2) is 4.85 Å². The van der Waals surface area contributed by atoms with Crippen LogP contribution in [0.1, 0.15) is 74.3 Å². The lowest BCUT2D eigenvalue weighted by molar-refractivity contribution is -0.160. The summed E-state index contributed by atoms with van der Waals surface area (Å²) in [5, 5.41) is 27.9. The second kappa shape index (κ2) is 23.5. The molecule has 0 spiro atoms. The smallest absolute Gasteiger partial charge is 0.309 e. The Kier molecular flexibility index (Phi) is 18.5. The average Bonchev–Trinajstić information content (AvgIpc) is 3.53. The molecule has 2 aliphatic carbocycles. The molecule has 4 unspecified atom stereocenters. The van der Waals surface area contributed by atoms with E-state index in [2.05, 4.69) is 26.0 Å². The molecule has 1 aromatic carbocycles. The highest BCUT2D eigenvalue weighted by Crippen LogP contribution is 2.42. The molecule has 2 aliphatic rings. The van der Waals surface area contributed by atoms with E-state index in [4.69, 9.17) is 30.3 Å². The number of carbonyl (C=O) groups is 4. The second-order valence-electron chi connectivity index (χ2n) is 14.2. The summed E-state index contributed by atoms with van der Waals surface area (Å²) in [5.41, 5.74) is 3.27. The molecule has 0 radical (unpaired) electrons. The van der Waals surface area contributed by atoms with Crippen LogP contribution in [0, 0.1) is 55.4 Å². The molecule has 57 heavy (non-hydrogen) atoms. The number of thiophene rings is 1. The standard InChI is InChI=1S/C41H53N5O10S/c1-27-25-30(13-14-35(27)44-45-38-37(43-4)28(2)36(26-42)57-38)46(16-18-53-21-23-55-40(50)33-11-7-5-9-31(33)29(3)47)15-17-52-19-20-54-22-24-56-41(51)34-12-8-6-10-32(34)39(48)49/h13-14,25,31-34H,5-12,15-24H2,1-3H3,(H,48,49). The highest BCUT2D eigenvalue weighted by atomic mass is 32.1. The Hall–Kier alpha value is -4.74. The van der Waals surface area contributed by atoms with Gasteiger partial charge < -0.3 is 33.7 Å². The van der Waals surface area contributed by atoms with Crippen molar-refractivity contribution in [2.75, 3.05) is 70.8 Å². The van der Waals surface area contributed by atoms with Gasteiger partial charge in [-0.1, -0.05) is 25.7 Å². The number of hydrogen-bond donors (Lipinski definition) is 1. The van der Waals surface area contributed by atoms with E-state index >= 15 is 0 Å². The minimum Gasteiger partial charge on any atom is -0.481 e. The molecular formula is C41H53N5O10S. The van der Waals surface area contributed by atoms with Crippen LogP contribution in [0.2, 0.25) is 0 Å². The minimum absolute atomic E-state index is 0.0304. The molecule has 2 aromatic rings. The molecule has 2 fully saturated rings. The fraction of sp³-hybridized carbons (Fsp3) is 0.610. The summed E-state index contributed by atoms with van der Waals surface area (Å²) in [6.45, 7) is 15.5. The molecule has 308 valence electrons. The van der Waals surface area contributed by atoms with Crippen molar-refractivity contribution in [3.8, 4) is 6.07 Å². The van der Waals surface area contributed by atoms with Crippen molar-refractivity contribution < 1.29 is 48.0 Å². The van der Waals surface area contributed by atoms with Gasteiger partial charge in [-0.2, -0.15) is 15.5 Å². The van der Waals surface area contributed by atoms with Gasteiger partial charge in [-0.05, 0) is 75.8 Å². The van der Waals surface area contributed by atoms with Crippen LogP contribution in [0.15, 0.2) is 28.4 Å². The van der Waals surface area contributed by atoms with Crippen molar-refractivity contribution in [2.45, 2.75) is 72.1 Å². The Morgan fingerprint density at radius 2 is 1.35 bits per heavy atom. The number of hydrogen-bond acceptors (Lipinski definition) is 14. The third-order valence-corrected chi connectivity index (χ3v) is 11.5. The normalized spacial score (nSPS) is 19.4. The van der Waals surface area contributed by atoms with Crippen molar-refractivity contribution in [3.05, 3.63) is 45.6 Å². The summed E-state index contributed by atoms with van der Waals surface area (Å²) in [6, 6.07) is 7.82. The number of esters is 2. The molecule has 4 rings (SSSR count). The fourth-order valence-electron chi connectivity index (χ4n) is 7.21. The summed E-state index contributed by atoms with van der Waals surface area (Å²) < 4.78 is 28.1. The topological polar surface area (TPSA) is 191 Å². The maximum atomic E-state index is 12.7. The fourth-order valence-corrected chi connectivity index (χ4v) is 8.08. The number of aliphatic carboxylic acids is 1. The van der Waals surface area contributed by atoms with Crippen LogP contribution in [0.3, 0.4) is 0 Å². The Labute approximate surface area is 338 Å². The van der Waals surface area contributed by atoms with Crippen LogP contribution in [0.25, 0.3) is 4.85 Å². The number of ether oxygens (including phenoxy) is 5. The number of Topliss-reactive ketones (excluding diaryl/α,β-unsaturated/α-hetero) is 1. The Morgan fingerprint density at radius 1 is 0.825 bits per heavy atom. The Morgan fingerprint density at radius 3 is 1.88 bits per heavy atom. The highest BCUT2D eigenvalue weighted by Gasteiger charge is 2.37. The summed E-state index contributed by atoms with van der Waals surface area (Å²) in [7, 11) is 0. The molecule has 15 nitrogen and oxygen atoms in total. The van der Waals surface area contributed by atoms with Gasteiger partial charge in [-0.3, -0.25) is 19.2 Å². The molecule has 2 saturated carbocycles. The van der Waals surface area contributed by atoms with Crippen LogP contribution in [-0.4, -0.2) is 94.7 Å². The maximum Gasteiger partial charge on any atom is 0.309 e. The van der Waals surface area contributed by atoms with Gasteiger partial charge in [0.15, 0.2) is 0 Å². The SMILES string of the molecule is [C-]#[N+]c1c(N=Nc2ccc(N(CCOCCOCCOC(=O)C3CCCCC3C(=O)O)CCOCCOC(=O)C3CCCCC3C(C)=O)cc2C)sc(C#N)c1C. The van der Waals surface area contributed by atoms with Crippen LogP contribution < -0.4 is 4.90 Å². The average molecular weight is 808 g/mol. The highest BCUT2D eigenvalue weighted by molar-refractivity contribution is 7.17. The lowest BCUT2D eigenvalue weighted by Gasteiger charge is -2.28. The lowest BCUT2D eigenvalue weighted by Crippen LogP contribution is -2.34. The van der Waals surface area contributed by atoms with E-state index in [1.165, 1.54) is 6.92 Å². The zero-order valence-corrected chi connectivity index (χ0v) is 33.9. The van der Waals surface area contributed by atoms with Crippen molar-refractivity contribution in [1.82, 2.24) is 0 Å². The lowest BCUT2D eigenvalue weighted by atomic mass is 9.77. The number of carbonyl (C=O) groups excluding carboxylic acids is 3. The third kappa shape index (κ3) is 13.4. The van der Waals surface area contributed by atoms with Crippen molar-refractivity contribution >= 4 is 57.1 Å². The van der Waals surface area contributed by atoms with E-state index in [0.29, 0.717) is 79.0 Å². The molecule has 0 saturated heterocycles. The molecule has 0 amide bonds. The molecule has 1 N–H and O–H groups in total. The molecule has 0 bridgehead atoms. The van der Waals surface area contributed by atoms with Crippen LogP contribution in [0.4, 0.5) is 22.1 Å². The molecular weight excluding hydrogens is 755 g/mol. The Bertz CT molecular complexity index is 1800. The van der Waals surface area contributed by atoms with E-state index < -0.39 is 23.8 Å². The minimum atomic E-state index is -0.957. The first-order chi connectivity index (χ1) is 27.5. The van der Waals surface area contributed by atoms with Gasteiger partial charge in [0.25, 0.3) is 0 Å². The van der Waals surface area contributed by atoms with E-state index in [-0.39, 0.29) is 56.6 Å². The number of carboxylic acids is 1. The number of benzene rings is 1. The predicted octanol–water partition coefficient (Wildman–Crippen LogP) is 7.43. The molecule has 0 aliphatic heterocycles. The number of aryl methyl sites for hydroxylation is 1. The zero-order chi connectivity index (χ0) is 41.2. The number of carboxylic acid groups (broad SMARTS) is 1. The number of nitriles is 1. The van der Waals surface area contributed by atoms with Crippen molar-refractivity contribution in [1.29, 1.82) is 5.26 Å². The number of azo groups is 1. The number of nitrogens with zero attached hydrogens (tertiary/aromatic N) is 5. The maximum absolute atomic E-state index is 12.7. The van der Waals surface area contributed by atoms with E-state index in [0.717, 1.165) is 54.7 Å². The summed E-state index contributed by atoms with van der Waals surface area (Å²) in [6.07, 6.45) is 5.85. The summed E-state index contributed by atoms with van der Waals surface area (Å²) in [4.78, 5) is 54.8. The number of anilines is 1. The summed E-state index contributed by atoms with van der Waals surface area (Å²) in [5.74, 6) is -3.73. The van der Waals surface area contributed by atoms with Crippen LogP contribution in [0.5, 0.6) is 0 Å². The quantitative estimate of drug-likeness (QED) is 0.0537. The van der Waals surface area contributed by atoms with Gasteiger partial charge in [0, 0.05) is 24.7 Å². The van der Waals surface area contributed by atoms with Gasteiger partial charge in [0.1, 0.15) is 30.1 Å². The van der Waals surface area contributed by atoms with Gasteiger partial charge in [-0.15, -0.1) is 11.3 Å². The molecule has 1 heterocycles. The van der Waals surface area contributed by atoms with Gasteiger partial charge in [0.05, 0.1) is 74.5 Å². The Balaban J connectivity index is 1.26.